The van der Waals surface area contributed by atoms with Crippen LogP contribution in [0, 0.1) is 0 Å². The van der Waals surface area contributed by atoms with Crippen LogP contribution in [0.2, 0.25) is 0 Å². The van der Waals surface area contributed by atoms with Crippen molar-refractivity contribution in [3.8, 4) is 0 Å². The number of halogens is 2. The molecule has 0 unspecified atom stereocenters. The van der Waals surface area contributed by atoms with Crippen LogP contribution < -0.4 is 0 Å². The Bertz CT molecular complexity index is 141. The molecule has 0 heterocycles. The minimum absolute atomic E-state index is 0.368. The summed E-state index contributed by atoms with van der Waals surface area (Å²) in [5, 5.41) is 7.62. The third-order valence-electron chi connectivity index (χ3n) is 0.345. The summed E-state index contributed by atoms with van der Waals surface area (Å²) in [7, 11) is 0. The molecule has 1 N–H and O–H groups in total. The molecule has 0 aromatic heterocycles. The third-order valence-corrected chi connectivity index (χ3v) is 1.86. The van der Waals surface area contributed by atoms with E-state index in [-0.39, 0.29) is 5.03 Å². The number of carbonyl (C=O) groups is 1. The lowest BCUT2D eigenvalue weighted by Gasteiger charge is -1.80. The molecule has 0 aliphatic carbocycles. The lowest BCUT2D eigenvalue weighted by molar-refractivity contribution is -0.131. The van der Waals surface area contributed by atoms with Gasteiger partial charge in [-0.2, -0.15) is 0 Å². The van der Waals surface area contributed by atoms with Crippen LogP contribution in [-0.4, -0.2) is 11.1 Å². The van der Waals surface area contributed by atoms with Gasteiger partial charge in [-0.25, -0.2) is 4.79 Å². The summed E-state index contributed by atoms with van der Waals surface area (Å²) < 4.78 is 10.7. The van der Waals surface area contributed by atoms with E-state index in [1.807, 2.05) is 0 Å². The number of carboxylic acids is 1. The van der Waals surface area contributed by atoms with Crippen molar-refractivity contribution < 1.29 is 13.0 Å². The molecule has 8 heavy (non-hydrogen) atoms. The van der Waals surface area contributed by atoms with Crippen LogP contribution in [0.4, 0.5) is 0 Å². The number of carboxylic acid groups (broad SMARTS) is 1. The van der Waals surface area contributed by atoms with E-state index in [1.165, 1.54) is 0 Å². The van der Waals surface area contributed by atoms with Crippen LogP contribution in [0.1, 0.15) is 0 Å². The molecule has 0 atom stereocenters. The normalized spacial score (nSPS) is 11.4. The zero-order valence-corrected chi connectivity index (χ0v) is 6.51. The summed E-state index contributed by atoms with van der Waals surface area (Å²) in [6.07, 6.45) is 0. The van der Waals surface area contributed by atoms with E-state index in [2.05, 4.69) is 0 Å². The second-order valence-corrected chi connectivity index (χ2v) is 2.39. The fraction of sp³-hybridized carbons (Fsp3) is 0. The van der Waals surface area contributed by atoms with Gasteiger partial charge in [-0.3, -0.25) is 3.07 Å². The van der Waals surface area contributed by atoms with Gasteiger partial charge in [-0.1, -0.05) is 11.6 Å². The Kier molecular flexibility index (Phi) is 3.98. The first-order chi connectivity index (χ1) is 3.68. The van der Waals surface area contributed by atoms with Gasteiger partial charge >= 0.3 is 5.97 Å². The van der Waals surface area contributed by atoms with Crippen LogP contribution in [0.25, 0.3) is 0 Å². The molecule has 0 radical (unpaired) electrons. The standard InChI is InChI=1S/C3H2ClIO3/c4-2(1-5-8)3(6)7/h1H,(H,6,7). The molecule has 0 amide bonds. The second kappa shape index (κ2) is 3.96. The molecule has 0 saturated carbocycles. The Morgan fingerprint density at radius 2 is 2.25 bits per heavy atom. The van der Waals surface area contributed by atoms with E-state index in [1.54, 1.807) is 0 Å². The molecule has 0 spiro atoms. The summed E-state index contributed by atoms with van der Waals surface area (Å²) in [4.78, 5) is 9.77. The Hall–Kier alpha value is 0.0300. The average Bonchev–Trinajstić information content (AvgIpc) is 1.67. The summed E-state index contributed by atoms with van der Waals surface area (Å²) in [6, 6.07) is 0. The Morgan fingerprint density at radius 1 is 1.75 bits per heavy atom. The molecule has 0 fully saturated rings. The van der Waals surface area contributed by atoms with E-state index >= 15 is 0 Å². The highest BCUT2D eigenvalue weighted by molar-refractivity contribution is 14.2. The highest BCUT2D eigenvalue weighted by Gasteiger charge is 1.99. The zero-order chi connectivity index (χ0) is 6.57. The number of hydrogen-bond donors (Lipinski definition) is 1. The predicted octanol–water partition coefficient (Wildman–Crippen LogP) is 1.47. The SMILES string of the molecule is O=IC=C(Cl)C(=O)O. The van der Waals surface area contributed by atoms with Crippen LogP contribution >= 0.6 is 32.8 Å². The topological polar surface area (TPSA) is 54.4 Å². The summed E-state index contributed by atoms with van der Waals surface area (Å²) in [6.45, 7) is 0. The van der Waals surface area contributed by atoms with Crippen LogP contribution in [0.15, 0.2) is 9.12 Å². The lowest BCUT2D eigenvalue weighted by Crippen LogP contribution is -1.91. The van der Waals surface area contributed by atoms with Crippen molar-refractivity contribution in [1.82, 2.24) is 0 Å². The van der Waals surface area contributed by atoms with Gasteiger partial charge < -0.3 is 5.11 Å². The molecule has 0 aromatic carbocycles. The predicted molar refractivity (Wildman–Crippen MR) is 36.3 cm³/mol. The second-order valence-electron chi connectivity index (χ2n) is 0.851. The van der Waals surface area contributed by atoms with Gasteiger partial charge in [0.05, 0.1) is 0 Å². The van der Waals surface area contributed by atoms with Gasteiger partial charge in [-0.05, 0) is 0 Å². The zero-order valence-electron chi connectivity index (χ0n) is 3.60. The lowest BCUT2D eigenvalue weighted by atomic mass is 10.7. The minimum atomic E-state index is -1.39. The largest absolute Gasteiger partial charge is 0.477 e. The van der Waals surface area contributed by atoms with Crippen molar-refractivity contribution in [3.05, 3.63) is 9.12 Å². The summed E-state index contributed by atoms with van der Waals surface area (Å²) in [5.41, 5.74) is 0. The first-order valence-electron chi connectivity index (χ1n) is 1.53. The van der Waals surface area contributed by atoms with E-state index in [9.17, 15) is 7.86 Å². The van der Waals surface area contributed by atoms with E-state index < -0.39 is 27.2 Å². The van der Waals surface area contributed by atoms with E-state index in [0.717, 1.165) is 4.08 Å². The van der Waals surface area contributed by atoms with Crippen molar-refractivity contribution in [2.24, 2.45) is 0 Å². The number of rotatable bonds is 2. The van der Waals surface area contributed by atoms with E-state index in [4.69, 9.17) is 16.7 Å². The maximum atomic E-state index is 9.77. The van der Waals surface area contributed by atoms with Crippen molar-refractivity contribution in [2.45, 2.75) is 0 Å². The van der Waals surface area contributed by atoms with Gasteiger partial charge in [0.1, 0.15) is 5.03 Å². The number of hydrogen-bond acceptors (Lipinski definition) is 2. The van der Waals surface area contributed by atoms with Gasteiger partial charge in [-0.15, -0.1) is 0 Å². The fourth-order valence-electron chi connectivity index (χ4n) is 0.0858. The first kappa shape index (κ1) is 8.03. The van der Waals surface area contributed by atoms with Crippen molar-refractivity contribution in [3.63, 3.8) is 0 Å². The molecule has 46 valence electrons. The molecule has 5 heteroatoms. The Morgan fingerprint density at radius 3 is 2.38 bits per heavy atom. The third kappa shape index (κ3) is 3.09. The Balaban J connectivity index is 3.99. The van der Waals surface area contributed by atoms with Gasteiger partial charge in [0.15, 0.2) is 21.2 Å². The van der Waals surface area contributed by atoms with Gasteiger partial charge in [0.2, 0.25) is 0 Å². The maximum absolute atomic E-state index is 9.77. The number of aliphatic carboxylic acids is 1. The molecule has 0 bridgehead atoms. The fourth-order valence-corrected chi connectivity index (χ4v) is 0.801. The van der Waals surface area contributed by atoms with Crippen LogP contribution in [0.5, 0.6) is 0 Å². The molecule has 0 aliphatic heterocycles. The minimum Gasteiger partial charge on any atom is -0.477 e. The van der Waals surface area contributed by atoms with Crippen LogP contribution in [-0.2, 0) is 7.86 Å². The Labute approximate surface area is 61.0 Å². The smallest absolute Gasteiger partial charge is 0.347 e. The quantitative estimate of drug-likeness (QED) is 0.595. The maximum Gasteiger partial charge on any atom is 0.347 e. The average molecular weight is 248 g/mol. The molecule has 0 aliphatic rings. The first-order valence-corrected chi connectivity index (χ1v) is 4.03. The molecule has 0 aromatic rings. The van der Waals surface area contributed by atoms with E-state index in [0.29, 0.717) is 0 Å². The van der Waals surface area contributed by atoms with Gasteiger partial charge in [0.25, 0.3) is 0 Å². The molecule has 0 saturated heterocycles. The molecular weight excluding hydrogens is 246 g/mol. The molecule has 0 rings (SSSR count). The van der Waals surface area contributed by atoms with Crippen molar-refractivity contribution in [1.29, 1.82) is 0 Å². The van der Waals surface area contributed by atoms with Gasteiger partial charge in [0, 0.05) is 4.08 Å². The monoisotopic (exact) mass is 248 g/mol. The molecule has 3 nitrogen and oxygen atoms in total. The summed E-state index contributed by atoms with van der Waals surface area (Å²) in [5.74, 6) is -1.23. The summed E-state index contributed by atoms with van der Waals surface area (Å²) >= 11 is 3.61. The highest BCUT2D eigenvalue weighted by atomic mass is 127. The van der Waals surface area contributed by atoms with Crippen molar-refractivity contribution in [2.75, 3.05) is 0 Å². The van der Waals surface area contributed by atoms with Crippen LogP contribution in [0.3, 0.4) is 0 Å². The van der Waals surface area contributed by atoms with Crippen molar-refractivity contribution >= 4 is 38.8 Å². The highest BCUT2D eigenvalue weighted by Crippen LogP contribution is 2.07. The molecular formula is C3H2ClIO3.